The van der Waals surface area contributed by atoms with Crippen LogP contribution >= 0.6 is 0 Å². The minimum absolute atomic E-state index is 0.0769. The van der Waals surface area contributed by atoms with E-state index in [1.54, 1.807) is 7.05 Å². The van der Waals surface area contributed by atoms with Gasteiger partial charge < -0.3 is 15.1 Å². The van der Waals surface area contributed by atoms with Crippen LogP contribution in [-0.2, 0) is 16.1 Å². The SMILES string of the molecule is CN1CC(=O)N[C@H]2C(=CN(Cc3ccccc3)c3ccccc32)C1=O. The fourth-order valence-electron chi connectivity index (χ4n) is 3.43. The van der Waals surface area contributed by atoms with Gasteiger partial charge in [-0.05, 0) is 11.6 Å². The van der Waals surface area contributed by atoms with E-state index in [4.69, 9.17) is 0 Å². The second-order valence-corrected chi connectivity index (χ2v) is 6.42. The van der Waals surface area contributed by atoms with Crippen LogP contribution in [0.15, 0.2) is 66.4 Å². The van der Waals surface area contributed by atoms with Crippen molar-refractivity contribution in [1.82, 2.24) is 10.2 Å². The summed E-state index contributed by atoms with van der Waals surface area (Å²) in [7, 11) is 1.66. The number of carbonyl (C=O) groups is 2. The van der Waals surface area contributed by atoms with E-state index in [9.17, 15) is 9.59 Å². The van der Waals surface area contributed by atoms with Gasteiger partial charge in [0.1, 0.15) is 0 Å². The first-order valence-corrected chi connectivity index (χ1v) is 8.29. The summed E-state index contributed by atoms with van der Waals surface area (Å²) in [6, 6.07) is 17.6. The largest absolute Gasteiger partial charge is 0.343 e. The number of hydrogen-bond acceptors (Lipinski definition) is 3. The maximum absolute atomic E-state index is 12.8. The summed E-state index contributed by atoms with van der Waals surface area (Å²) in [5.41, 5.74) is 3.72. The molecule has 1 saturated heterocycles. The van der Waals surface area contributed by atoms with Gasteiger partial charge in [-0.2, -0.15) is 0 Å². The number of benzene rings is 2. The topological polar surface area (TPSA) is 52.7 Å². The highest BCUT2D eigenvalue weighted by atomic mass is 16.2. The molecule has 2 aliphatic heterocycles. The predicted octanol–water partition coefficient (Wildman–Crippen LogP) is 2.22. The molecule has 2 amide bonds. The van der Waals surface area contributed by atoms with Gasteiger partial charge in [0.25, 0.3) is 5.91 Å². The van der Waals surface area contributed by atoms with Crippen molar-refractivity contribution in [2.75, 3.05) is 18.5 Å². The van der Waals surface area contributed by atoms with E-state index in [1.165, 1.54) is 4.90 Å². The molecule has 2 aromatic rings. The maximum atomic E-state index is 12.8. The lowest BCUT2D eigenvalue weighted by atomic mass is 9.93. The van der Waals surface area contributed by atoms with Crippen LogP contribution in [-0.4, -0.2) is 30.3 Å². The Morgan fingerprint density at radius 3 is 2.56 bits per heavy atom. The number of fused-ring (bicyclic) bond motifs is 3. The summed E-state index contributed by atoms with van der Waals surface area (Å²) in [6.07, 6.45) is 1.88. The van der Waals surface area contributed by atoms with Gasteiger partial charge in [0.15, 0.2) is 0 Å². The number of rotatable bonds is 2. The fraction of sp³-hybridized carbons (Fsp3) is 0.200. The Balaban J connectivity index is 1.80. The van der Waals surface area contributed by atoms with Gasteiger partial charge in [0, 0.05) is 31.0 Å². The zero-order chi connectivity index (χ0) is 17.4. The van der Waals surface area contributed by atoms with Crippen LogP contribution in [0.4, 0.5) is 5.69 Å². The Kier molecular flexibility index (Phi) is 3.76. The Labute approximate surface area is 146 Å². The molecule has 1 fully saturated rings. The first kappa shape index (κ1) is 15.4. The molecule has 1 atom stereocenters. The molecule has 25 heavy (non-hydrogen) atoms. The van der Waals surface area contributed by atoms with Crippen LogP contribution in [0.5, 0.6) is 0 Å². The first-order valence-electron chi connectivity index (χ1n) is 8.29. The highest BCUT2D eigenvalue weighted by Crippen LogP contribution is 2.38. The zero-order valence-electron chi connectivity index (χ0n) is 14.0. The standard InChI is InChI=1S/C20H19N3O2/c1-22-13-18(24)21-19-15-9-5-6-10-17(15)23(12-16(19)20(22)25)11-14-7-3-2-4-8-14/h2-10,12,19H,11,13H2,1H3,(H,21,24)/t19-/m1/s1. The third kappa shape index (κ3) is 2.78. The molecule has 0 saturated carbocycles. The lowest BCUT2D eigenvalue weighted by Gasteiger charge is -2.33. The Hall–Kier alpha value is -3.08. The summed E-state index contributed by atoms with van der Waals surface area (Å²) in [6.45, 7) is 0.743. The van der Waals surface area contributed by atoms with Crippen molar-refractivity contribution in [2.45, 2.75) is 12.6 Å². The maximum Gasteiger partial charge on any atom is 0.253 e. The summed E-state index contributed by atoms with van der Waals surface area (Å²) >= 11 is 0. The molecule has 0 radical (unpaired) electrons. The molecule has 0 aliphatic carbocycles. The fourth-order valence-corrected chi connectivity index (χ4v) is 3.43. The third-order valence-electron chi connectivity index (χ3n) is 4.64. The van der Waals surface area contributed by atoms with Gasteiger partial charge in [-0.3, -0.25) is 9.59 Å². The number of hydrogen-bond donors (Lipinski definition) is 1. The van der Waals surface area contributed by atoms with Crippen molar-refractivity contribution in [1.29, 1.82) is 0 Å². The van der Waals surface area contributed by atoms with Gasteiger partial charge in [-0.15, -0.1) is 0 Å². The normalized spacial score (nSPS) is 19.6. The third-order valence-corrected chi connectivity index (χ3v) is 4.64. The van der Waals surface area contributed by atoms with Crippen LogP contribution in [0.2, 0.25) is 0 Å². The Morgan fingerprint density at radius 2 is 1.76 bits per heavy atom. The van der Waals surface area contributed by atoms with Crippen LogP contribution in [0, 0.1) is 0 Å². The molecule has 0 unspecified atom stereocenters. The molecule has 0 bridgehead atoms. The van der Waals surface area contributed by atoms with Gasteiger partial charge in [-0.1, -0.05) is 48.5 Å². The van der Waals surface area contributed by atoms with Crippen molar-refractivity contribution < 1.29 is 9.59 Å². The average molecular weight is 333 g/mol. The van der Waals surface area contributed by atoms with E-state index in [-0.39, 0.29) is 18.4 Å². The van der Waals surface area contributed by atoms with Crippen LogP contribution in [0.3, 0.4) is 0 Å². The zero-order valence-corrected chi connectivity index (χ0v) is 14.0. The number of para-hydroxylation sites is 1. The minimum Gasteiger partial charge on any atom is -0.343 e. The summed E-state index contributed by atoms with van der Waals surface area (Å²) in [4.78, 5) is 28.5. The predicted molar refractivity (Wildman–Crippen MR) is 95.7 cm³/mol. The summed E-state index contributed by atoms with van der Waals surface area (Å²) < 4.78 is 0. The molecule has 5 heteroatoms. The van der Waals surface area contributed by atoms with E-state index < -0.39 is 6.04 Å². The molecule has 126 valence electrons. The highest BCUT2D eigenvalue weighted by Gasteiger charge is 2.36. The van der Waals surface area contributed by atoms with Crippen LogP contribution in [0.25, 0.3) is 0 Å². The van der Waals surface area contributed by atoms with E-state index in [0.717, 1.165) is 16.8 Å². The monoisotopic (exact) mass is 333 g/mol. The van der Waals surface area contributed by atoms with Crippen molar-refractivity contribution >= 4 is 17.5 Å². The van der Waals surface area contributed by atoms with Crippen LogP contribution < -0.4 is 10.2 Å². The summed E-state index contributed by atoms with van der Waals surface area (Å²) in [5, 5.41) is 2.99. The number of anilines is 1. The molecule has 0 aromatic heterocycles. The van der Waals surface area contributed by atoms with Crippen molar-refractivity contribution in [3.8, 4) is 0 Å². The van der Waals surface area contributed by atoms with Crippen molar-refractivity contribution in [2.24, 2.45) is 0 Å². The number of carbonyl (C=O) groups excluding carboxylic acids is 2. The van der Waals surface area contributed by atoms with E-state index in [2.05, 4.69) is 22.3 Å². The molecule has 1 N–H and O–H groups in total. The number of nitrogens with one attached hydrogen (secondary N) is 1. The highest BCUT2D eigenvalue weighted by molar-refractivity contribution is 6.01. The molecule has 2 heterocycles. The molecule has 2 aliphatic rings. The van der Waals surface area contributed by atoms with Gasteiger partial charge in [-0.25, -0.2) is 0 Å². The minimum atomic E-state index is -0.395. The van der Waals surface area contributed by atoms with E-state index in [0.29, 0.717) is 12.1 Å². The number of nitrogens with zero attached hydrogens (tertiary/aromatic N) is 2. The second kappa shape index (κ2) is 6.09. The molecule has 4 rings (SSSR count). The molecular formula is C20H19N3O2. The second-order valence-electron chi connectivity index (χ2n) is 6.42. The average Bonchev–Trinajstić information content (AvgIpc) is 2.73. The van der Waals surface area contributed by atoms with Crippen molar-refractivity contribution in [3.05, 3.63) is 77.5 Å². The first-order chi connectivity index (χ1) is 12.1. The van der Waals surface area contributed by atoms with E-state index in [1.807, 2.05) is 48.7 Å². The molecular weight excluding hydrogens is 314 g/mol. The van der Waals surface area contributed by atoms with Gasteiger partial charge >= 0.3 is 0 Å². The quantitative estimate of drug-likeness (QED) is 0.917. The Morgan fingerprint density at radius 1 is 1.04 bits per heavy atom. The lowest BCUT2D eigenvalue weighted by Crippen LogP contribution is -2.34. The van der Waals surface area contributed by atoms with Crippen LogP contribution in [0.1, 0.15) is 17.2 Å². The molecule has 0 spiro atoms. The number of likely N-dealkylation sites (N-methyl/N-ethyl adjacent to an activating group) is 1. The molecule has 2 aromatic carbocycles. The number of amides is 2. The van der Waals surface area contributed by atoms with E-state index >= 15 is 0 Å². The summed E-state index contributed by atoms with van der Waals surface area (Å²) in [5.74, 6) is -0.258. The molecule has 5 nitrogen and oxygen atoms in total. The smallest absolute Gasteiger partial charge is 0.253 e. The lowest BCUT2D eigenvalue weighted by molar-refractivity contribution is -0.130. The van der Waals surface area contributed by atoms with Crippen molar-refractivity contribution in [3.63, 3.8) is 0 Å². The van der Waals surface area contributed by atoms with Gasteiger partial charge in [0.05, 0.1) is 18.2 Å². The van der Waals surface area contributed by atoms with Gasteiger partial charge in [0.2, 0.25) is 5.91 Å². The Bertz CT molecular complexity index is 860.